The van der Waals surface area contributed by atoms with Gasteiger partial charge < -0.3 is 4.98 Å². The van der Waals surface area contributed by atoms with Crippen molar-refractivity contribution < 1.29 is 0 Å². The molecule has 0 saturated carbocycles. The molecule has 0 aliphatic carbocycles. The van der Waals surface area contributed by atoms with Crippen LogP contribution in [0, 0.1) is 11.3 Å². The summed E-state index contributed by atoms with van der Waals surface area (Å²) in [5.41, 5.74) is 1.23. The number of aromatic amines is 1. The molecule has 3 rings (SSSR count). The normalized spacial score (nSPS) is 10.5. The largest absolute Gasteiger partial charge is 0.321 e. The van der Waals surface area contributed by atoms with Gasteiger partial charge in [-0.3, -0.25) is 9.78 Å². The molecular weight excluding hydrogens is 214 g/mol. The van der Waals surface area contributed by atoms with Crippen molar-refractivity contribution in [1.29, 1.82) is 5.26 Å². The molecule has 0 aliphatic heterocycles. The minimum Gasteiger partial charge on any atom is -0.321 e. The Balaban J connectivity index is 2.58. The lowest BCUT2D eigenvalue weighted by atomic mass is 10.1. The van der Waals surface area contributed by atoms with E-state index in [0.717, 1.165) is 16.3 Å². The van der Waals surface area contributed by atoms with Gasteiger partial charge >= 0.3 is 0 Å². The molecule has 2 aromatic heterocycles. The van der Waals surface area contributed by atoms with Crippen molar-refractivity contribution in [3.05, 3.63) is 52.4 Å². The van der Waals surface area contributed by atoms with Gasteiger partial charge in [0, 0.05) is 17.0 Å². The quantitative estimate of drug-likeness (QED) is 0.590. The molecule has 0 fully saturated rings. The van der Waals surface area contributed by atoms with Crippen molar-refractivity contribution in [2.75, 3.05) is 0 Å². The van der Waals surface area contributed by atoms with Crippen LogP contribution in [0.2, 0.25) is 0 Å². The van der Waals surface area contributed by atoms with Crippen LogP contribution in [0.4, 0.5) is 0 Å². The van der Waals surface area contributed by atoms with E-state index >= 15 is 0 Å². The van der Waals surface area contributed by atoms with Crippen molar-refractivity contribution in [1.82, 2.24) is 9.97 Å². The van der Waals surface area contributed by atoms with Crippen molar-refractivity contribution in [2.24, 2.45) is 0 Å². The number of nitrogens with zero attached hydrogens (tertiary/aromatic N) is 2. The summed E-state index contributed by atoms with van der Waals surface area (Å²) in [6.07, 6.45) is 1.69. The maximum Gasteiger partial charge on any atom is 0.266 e. The van der Waals surface area contributed by atoms with Gasteiger partial charge in [0.2, 0.25) is 0 Å². The van der Waals surface area contributed by atoms with Crippen LogP contribution in [-0.4, -0.2) is 9.97 Å². The molecule has 0 saturated heterocycles. The lowest BCUT2D eigenvalue weighted by Crippen LogP contribution is -2.09. The number of rotatable bonds is 0. The van der Waals surface area contributed by atoms with E-state index in [1.165, 1.54) is 0 Å². The lowest BCUT2D eigenvalue weighted by molar-refractivity contribution is 1.27. The number of nitrogens with one attached hydrogen (secondary N) is 1. The highest BCUT2D eigenvalue weighted by molar-refractivity contribution is 6.03. The van der Waals surface area contributed by atoms with E-state index < -0.39 is 0 Å². The molecule has 0 amide bonds. The number of hydrogen-bond acceptors (Lipinski definition) is 3. The summed E-state index contributed by atoms with van der Waals surface area (Å²) in [6, 6.07) is 11.0. The van der Waals surface area contributed by atoms with Gasteiger partial charge in [-0.1, -0.05) is 12.1 Å². The SMILES string of the molecule is N#Cc1cc2c(ccc3cccnc32)[nH]c1=O. The van der Waals surface area contributed by atoms with Gasteiger partial charge in [0.05, 0.1) is 11.0 Å². The summed E-state index contributed by atoms with van der Waals surface area (Å²) >= 11 is 0. The number of benzene rings is 1. The Morgan fingerprint density at radius 3 is 3.00 bits per heavy atom. The van der Waals surface area contributed by atoms with E-state index in [0.29, 0.717) is 5.52 Å². The molecule has 0 unspecified atom stereocenters. The van der Waals surface area contributed by atoms with E-state index in [-0.39, 0.29) is 11.1 Å². The van der Waals surface area contributed by atoms with Crippen LogP contribution in [0.25, 0.3) is 21.8 Å². The van der Waals surface area contributed by atoms with Gasteiger partial charge in [0.25, 0.3) is 5.56 Å². The van der Waals surface area contributed by atoms with Crippen molar-refractivity contribution in [3.63, 3.8) is 0 Å². The number of hydrogen-bond donors (Lipinski definition) is 1. The van der Waals surface area contributed by atoms with E-state index in [9.17, 15) is 4.79 Å². The fourth-order valence-electron chi connectivity index (χ4n) is 1.91. The smallest absolute Gasteiger partial charge is 0.266 e. The van der Waals surface area contributed by atoms with Crippen LogP contribution < -0.4 is 5.56 Å². The maximum absolute atomic E-state index is 11.5. The zero-order valence-corrected chi connectivity index (χ0v) is 8.77. The highest BCUT2D eigenvalue weighted by Crippen LogP contribution is 2.21. The monoisotopic (exact) mass is 221 g/mol. The Kier molecular flexibility index (Phi) is 1.92. The topological polar surface area (TPSA) is 69.5 Å². The molecule has 0 spiro atoms. The molecule has 2 heterocycles. The molecule has 80 valence electrons. The standard InChI is InChI=1S/C13H7N3O/c14-7-9-6-10-11(16-13(9)17)4-3-8-2-1-5-15-12(8)10/h1-6H,(H,16,17). The van der Waals surface area contributed by atoms with Gasteiger partial charge in [0.15, 0.2) is 0 Å². The average Bonchev–Trinajstić information content (AvgIpc) is 2.37. The predicted octanol–water partition coefficient (Wildman–Crippen LogP) is 1.95. The minimum atomic E-state index is -0.365. The molecule has 1 aromatic carbocycles. The summed E-state index contributed by atoms with van der Waals surface area (Å²) in [4.78, 5) is 18.5. The summed E-state index contributed by atoms with van der Waals surface area (Å²) < 4.78 is 0. The average molecular weight is 221 g/mol. The third-order valence-electron chi connectivity index (χ3n) is 2.72. The number of H-pyrrole nitrogens is 1. The summed E-state index contributed by atoms with van der Waals surface area (Å²) in [5, 5.41) is 10.6. The number of pyridine rings is 2. The molecule has 4 heteroatoms. The van der Waals surface area contributed by atoms with Gasteiger partial charge in [0.1, 0.15) is 11.6 Å². The minimum absolute atomic E-state index is 0.107. The second kappa shape index (κ2) is 3.42. The van der Waals surface area contributed by atoms with Gasteiger partial charge in [-0.25, -0.2) is 0 Å². The maximum atomic E-state index is 11.5. The number of nitriles is 1. The van der Waals surface area contributed by atoms with Crippen LogP contribution >= 0.6 is 0 Å². The summed E-state index contributed by atoms with van der Waals surface area (Å²) in [6.45, 7) is 0. The van der Waals surface area contributed by atoms with Gasteiger partial charge in [-0.2, -0.15) is 5.26 Å². The van der Waals surface area contributed by atoms with Crippen molar-refractivity contribution in [3.8, 4) is 6.07 Å². The molecule has 0 aliphatic rings. The van der Waals surface area contributed by atoms with Crippen LogP contribution in [0.15, 0.2) is 41.3 Å². The third kappa shape index (κ3) is 1.37. The van der Waals surface area contributed by atoms with Crippen molar-refractivity contribution in [2.45, 2.75) is 0 Å². The molecule has 17 heavy (non-hydrogen) atoms. The van der Waals surface area contributed by atoms with Crippen LogP contribution in [0.1, 0.15) is 5.56 Å². The third-order valence-corrected chi connectivity index (χ3v) is 2.72. The van der Waals surface area contributed by atoms with Crippen LogP contribution in [0.5, 0.6) is 0 Å². The highest BCUT2D eigenvalue weighted by atomic mass is 16.1. The van der Waals surface area contributed by atoms with Crippen LogP contribution in [0.3, 0.4) is 0 Å². The zero-order valence-electron chi connectivity index (χ0n) is 8.77. The second-order valence-electron chi connectivity index (χ2n) is 3.73. The molecule has 4 nitrogen and oxygen atoms in total. The molecule has 0 radical (unpaired) electrons. The lowest BCUT2D eigenvalue weighted by Gasteiger charge is -2.02. The van der Waals surface area contributed by atoms with Crippen LogP contribution in [-0.2, 0) is 0 Å². The molecular formula is C13H7N3O. The first-order valence-corrected chi connectivity index (χ1v) is 5.10. The van der Waals surface area contributed by atoms with Crippen molar-refractivity contribution >= 4 is 21.8 Å². The Bertz CT molecular complexity index is 827. The first-order chi connectivity index (χ1) is 8.29. The Morgan fingerprint density at radius 2 is 2.18 bits per heavy atom. The van der Waals surface area contributed by atoms with Gasteiger partial charge in [-0.15, -0.1) is 0 Å². The summed E-state index contributed by atoms with van der Waals surface area (Å²) in [5.74, 6) is 0. The second-order valence-corrected chi connectivity index (χ2v) is 3.73. The van der Waals surface area contributed by atoms with E-state index in [1.54, 1.807) is 12.3 Å². The first kappa shape index (κ1) is 9.55. The summed E-state index contributed by atoms with van der Waals surface area (Å²) in [7, 11) is 0. The predicted molar refractivity (Wildman–Crippen MR) is 64.6 cm³/mol. The molecule has 3 aromatic rings. The molecule has 1 N–H and O–H groups in total. The number of aromatic nitrogens is 2. The highest BCUT2D eigenvalue weighted by Gasteiger charge is 2.05. The zero-order chi connectivity index (χ0) is 11.8. The molecule has 0 bridgehead atoms. The van der Waals surface area contributed by atoms with E-state index in [1.807, 2.05) is 30.3 Å². The van der Waals surface area contributed by atoms with Gasteiger partial charge in [-0.05, 0) is 18.2 Å². The van der Waals surface area contributed by atoms with E-state index in [4.69, 9.17) is 5.26 Å². The first-order valence-electron chi connectivity index (χ1n) is 5.10. The number of fused-ring (bicyclic) bond motifs is 3. The Morgan fingerprint density at radius 1 is 1.29 bits per heavy atom. The molecule has 0 atom stereocenters. The van der Waals surface area contributed by atoms with E-state index in [2.05, 4.69) is 9.97 Å². The fourth-order valence-corrected chi connectivity index (χ4v) is 1.91. The Labute approximate surface area is 96.2 Å². The Hall–Kier alpha value is -2.67. The fraction of sp³-hybridized carbons (Fsp3) is 0.